The summed E-state index contributed by atoms with van der Waals surface area (Å²) in [4.78, 5) is 12.1. The Balaban J connectivity index is 0.00000200. The maximum atomic E-state index is 12.1. The normalized spacial score (nSPS) is 16.5. The summed E-state index contributed by atoms with van der Waals surface area (Å²) in [6, 6.07) is 8.03. The number of carbonyl (C=O) groups is 1. The van der Waals surface area contributed by atoms with Gasteiger partial charge in [-0.2, -0.15) is 0 Å². The lowest BCUT2D eigenvalue weighted by Crippen LogP contribution is -2.51. The van der Waals surface area contributed by atoms with E-state index in [0.717, 1.165) is 23.7 Å². The molecule has 0 heterocycles. The SMILES string of the molecule is Cl.NCC1(NC(=O)CCc2ccccc2Br)CCCC1. The molecule has 1 aliphatic rings. The van der Waals surface area contributed by atoms with Gasteiger partial charge in [-0.05, 0) is 30.9 Å². The van der Waals surface area contributed by atoms with E-state index in [2.05, 4.69) is 21.2 Å². The molecule has 1 saturated carbocycles. The van der Waals surface area contributed by atoms with Crippen molar-refractivity contribution >= 4 is 34.2 Å². The van der Waals surface area contributed by atoms with Gasteiger partial charge in [-0.25, -0.2) is 0 Å². The fourth-order valence-corrected chi connectivity index (χ4v) is 3.22. The van der Waals surface area contributed by atoms with E-state index >= 15 is 0 Å². The molecule has 1 aliphatic carbocycles. The second kappa shape index (κ2) is 8.01. The Kier molecular flexibility index (Phi) is 7.00. The molecule has 0 aromatic heterocycles. The quantitative estimate of drug-likeness (QED) is 0.846. The van der Waals surface area contributed by atoms with Crippen LogP contribution in [-0.4, -0.2) is 18.0 Å². The van der Waals surface area contributed by atoms with Crippen molar-refractivity contribution in [1.82, 2.24) is 5.32 Å². The number of nitrogens with two attached hydrogens (primary N) is 1. The lowest BCUT2D eigenvalue weighted by Gasteiger charge is -2.28. The van der Waals surface area contributed by atoms with Crippen LogP contribution in [0, 0.1) is 0 Å². The zero-order valence-corrected chi connectivity index (χ0v) is 13.9. The minimum absolute atomic E-state index is 0. The van der Waals surface area contributed by atoms with Gasteiger partial charge in [0, 0.05) is 17.4 Å². The number of nitrogens with one attached hydrogen (secondary N) is 1. The molecule has 1 aromatic carbocycles. The monoisotopic (exact) mass is 360 g/mol. The van der Waals surface area contributed by atoms with Gasteiger partial charge in [-0.1, -0.05) is 47.0 Å². The number of benzene rings is 1. The second-order valence-corrected chi connectivity index (χ2v) is 6.19. The average Bonchev–Trinajstić information content (AvgIpc) is 2.87. The summed E-state index contributed by atoms with van der Waals surface area (Å²) in [6.45, 7) is 0.549. The molecule has 0 saturated heterocycles. The van der Waals surface area contributed by atoms with Crippen molar-refractivity contribution in [1.29, 1.82) is 0 Å². The summed E-state index contributed by atoms with van der Waals surface area (Å²) in [5.41, 5.74) is 6.86. The summed E-state index contributed by atoms with van der Waals surface area (Å²) in [7, 11) is 0. The van der Waals surface area contributed by atoms with Gasteiger partial charge in [0.25, 0.3) is 0 Å². The molecule has 5 heteroatoms. The first-order valence-electron chi connectivity index (χ1n) is 6.90. The van der Waals surface area contributed by atoms with Crippen molar-refractivity contribution in [3.8, 4) is 0 Å². The molecular weight excluding hydrogens is 340 g/mol. The van der Waals surface area contributed by atoms with Crippen molar-refractivity contribution < 1.29 is 4.79 Å². The second-order valence-electron chi connectivity index (χ2n) is 5.33. The molecule has 0 bridgehead atoms. The van der Waals surface area contributed by atoms with Gasteiger partial charge in [-0.15, -0.1) is 12.4 Å². The van der Waals surface area contributed by atoms with Crippen LogP contribution in [0.2, 0.25) is 0 Å². The zero-order chi connectivity index (χ0) is 13.7. The van der Waals surface area contributed by atoms with Crippen LogP contribution in [0.3, 0.4) is 0 Å². The van der Waals surface area contributed by atoms with Crippen LogP contribution in [0.15, 0.2) is 28.7 Å². The number of hydrogen-bond acceptors (Lipinski definition) is 2. The standard InChI is InChI=1S/C15H21BrN2O.ClH/c16-13-6-2-1-5-12(13)7-8-14(19)18-15(11-17)9-3-4-10-15;/h1-2,5-6H,3-4,7-11,17H2,(H,18,19);1H. The summed E-state index contributed by atoms with van der Waals surface area (Å²) in [5.74, 6) is 0.114. The van der Waals surface area contributed by atoms with E-state index < -0.39 is 0 Å². The Bertz CT molecular complexity index is 447. The third kappa shape index (κ3) is 4.47. The van der Waals surface area contributed by atoms with Crippen LogP contribution >= 0.6 is 28.3 Å². The van der Waals surface area contributed by atoms with E-state index in [9.17, 15) is 4.79 Å². The van der Waals surface area contributed by atoms with Crippen LogP contribution in [-0.2, 0) is 11.2 Å². The Morgan fingerprint density at radius 3 is 2.55 bits per heavy atom. The Labute approximate surface area is 135 Å². The van der Waals surface area contributed by atoms with Crippen LogP contribution in [0.5, 0.6) is 0 Å². The van der Waals surface area contributed by atoms with E-state index in [0.29, 0.717) is 13.0 Å². The zero-order valence-electron chi connectivity index (χ0n) is 11.5. The van der Waals surface area contributed by atoms with Crippen LogP contribution in [0.1, 0.15) is 37.7 Å². The Hall–Kier alpha value is -0.580. The molecule has 3 nitrogen and oxygen atoms in total. The van der Waals surface area contributed by atoms with Crippen molar-refractivity contribution in [2.24, 2.45) is 5.73 Å². The summed E-state index contributed by atoms with van der Waals surface area (Å²) >= 11 is 3.51. The number of halogens is 2. The van der Waals surface area contributed by atoms with Gasteiger partial charge in [0.2, 0.25) is 5.91 Å². The minimum Gasteiger partial charge on any atom is -0.349 e. The molecule has 0 atom stereocenters. The topological polar surface area (TPSA) is 55.1 Å². The maximum Gasteiger partial charge on any atom is 0.220 e. The first kappa shape index (κ1) is 17.5. The number of carbonyl (C=O) groups excluding carboxylic acids is 1. The van der Waals surface area contributed by atoms with Crippen molar-refractivity contribution in [3.05, 3.63) is 34.3 Å². The number of aryl methyl sites for hydroxylation is 1. The largest absolute Gasteiger partial charge is 0.349 e. The molecule has 0 unspecified atom stereocenters. The molecule has 1 fully saturated rings. The maximum absolute atomic E-state index is 12.1. The summed E-state index contributed by atoms with van der Waals surface area (Å²) in [5, 5.41) is 3.15. The highest BCUT2D eigenvalue weighted by atomic mass is 79.9. The molecule has 1 amide bonds. The number of amides is 1. The lowest BCUT2D eigenvalue weighted by molar-refractivity contribution is -0.122. The van der Waals surface area contributed by atoms with Gasteiger partial charge in [0.05, 0.1) is 5.54 Å². The first-order valence-corrected chi connectivity index (χ1v) is 7.69. The summed E-state index contributed by atoms with van der Waals surface area (Å²) in [6.07, 6.45) is 5.65. The van der Waals surface area contributed by atoms with Gasteiger partial charge in [0.1, 0.15) is 0 Å². The molecule has 0 aliphatic heterocycles. The predicted octanol–water partition coefficient (Wildman–Crippen LogP) is 3.19. The third-order valence-electron chi connectivity index (χ3n) is 3.94. The van der Waals surface area contributed by atoms with E-state index in [1.54, 1.807) is 0 Å². The first-order chi connectivity index (χ1) is 9.15. The van der Waals surface area contributed by atoms with Crippen LogP contribution in [0.25, 0.3) is 0 Å². The van der Waals surface area contributed by atoms with E-state index in [1.807, 2.05) is 24.3 Å². The highest BCUT2D eigenvalue weighted by Gasteiger charge is 2.33. The molecule has 2 rings (SSSR count). The van der Waals surface area contributed by atoms with E-state index in [-0.39, 0.29) is 23.9 Å². The number of hydrogen-bond donors (Lipinski definition) is 2. The van der Waals surface area contributed by atoms with Gasteiger partial charge >= 0.3 is 0 Å². The van der Waals surface area contributed by atoms with Crippen LogP contribution < -0.4 is 11.1 Å². The Morgan fingerprint density at radius 2 is 1.95 bits per heavy atom. The molecule has 20 heavy (non-hydrogen) atoms. The number of rotatable bonds is 5. The minimum atomic E-state index is -0.134. The molecule has 112 valence electrons. The molecule has 3 N–H and O–H groups in total. The smallest absolute Gasteiger partial charge is 0.220 e. The van der Waals surface area contributed by atoms with Crippen molar-refractivity contribution in [2.75, 3.05) is 6.54 Å². The lowest BCUT2D eigenvalue weighted by atomic mass is 9.97. The average molecular weight is 362 g/mol. The van der Waals surface area contributed by atoms with Gasteiger partial charge in [0.15, 0.2) is 0 Å². The third-order valence-corrected chi connectivity index (χ3v) is 4.71. The predicted molar refractivity (Wildman–Crippen MR) is 88.1 cm³/mol. The highest BCUT2D eigenvalue weighted by molar-refractivity contribution is 9.10. The fourth-order valence-electron chi connectivity index (χ4n) is 2.74. The van der Waals surface area contributed by atoms with E-state index in [4.69, 9.17) is 5.73 Å². The fraction of sp³-hybridized carbons (Fsp3) is 0.533. The molecule has 0 spiro atoms. The molecule has 0 radical (unpaired) electrons. The molecule has 1 aromatic rings. The van der Waals surface area contributed by atoms with Crippen molar-refractivity contribution in [2.45, 2.75) is 44.1 Å². The van der Waals surface area contributed by atoms with Gasteiger partial charge < -0.3 is 11.1 Å². The highest BCUT2D eigenvalue weighted by Crippen LogP contribution is 2.28. The van der Waals surface area contributed by atoms with Crippen molar-refractivity contribution in [3.63, 3.8) is 0 Å². The van der Waals surface area contributed by atoms with Crippen LogP contribution in [0.4, 0.5) is 0 Å². The Morgan fingerprint density at radius 1 is 1.30 bits per heavy atom. The van der Waals surface area contributed by atoms with E-state index in [1.165, 1.54) is 18.4 Å². The van der Waals surface area contributed by atoms with Gasteiger partial charge in [-0.3, -0.25) is 4.79 Å². The molecular formula is C15H22BrClN2O. The summed E-state index contributed by atoms with van der Waals surface area (Å²) < 4.78 is 1.07.